The van der Waals surface area contributed by atoms with Crippen molar-refractivity contribution in [2.75, 3.05) is 13.2 Å². The van der Waals surface area contributed by atoms with E-state index >= 15 is 0 Å². The van der Waals surface area contributed by atoms with Gasteiger partial charge in [0.15, 0.2) is 0 Å². The second-order valence-corrected chi connectivity index (χ2v) is 18.2. The van der Waals surface area contributed by atoms with E-state index in [0.29, 0.717) is 25.9 Å². The van der Waals surface area contributed by atoms with Gasteiger partial charge in [0.05, 0.1) is 25.4 Å². The van der Waals surface area contributed by atoms with Gasteiger partial charge in [0, 0.05) is 12.8 Å². The lowest BCUT2D eigenvalue weighted by Crippen LogP contribution is -2.45. The van der Waals surface area contributed by atoms with Gasteiger partial charge in [0.25, 0.3) is 0 Å². The molecule has 3 N–H and O–H groups in total. The Hall–Kier alpha value is -1.66. The Morgan fingerprint density at radius 3 is 1.23 bits per heavy atom. The molecule has 0 fully saturated rings. The highest BCUT2D eigenvalue weighted by atomic mass is 16.5. The van der Waals surface area contributed by atoms with Crippen molar-refractivity contribution < 1.29 is 24.5 Å². The number of nitrogens with one attached hydrogen (secondary N) is 1. The second-order valence-electron chi connectivity index (χ2n) is 18.2. The minimum Gasteiger partial charge on any atom is -0.466 e. The number of carbonyl (C=O) groups is 2. The van der Waals surface area contributed by atoms with Gasteiger partial charge in [-0.15, -0.1) is 0 Å². The topological polar surface area (TPSA) is 95.9 Å². The standard InChI is InChI=1S/C54H103NO5/c1-3-5-7-9-11-13-15-16-17-18-19-22-25-28-32-36-40-44-48-54(59)60-49-45-41-37-33-29-26-23-20-21-24-27-31-35-39-43-47-53(58)55-51(50-56)52(57)46-42-38-34-30-14-12-10-8-6-4-2/h20,23,26,29,51-52,56-57H,3-19,21-22,24-25,27-28,30-50H2,1-2H3,(H,55,58)/b23-20-,29-26-. The quantitative estimate of drug-likeness (QED) is 0.0322. The molecule has 0 radical (unpaired) electrons. The number of allylic oxidation sites excluding steroid dienone is 4. The third kappa shape index (κ3) is 45.9. The molecule has 0 spiro atoms. The molecular formula is C54H103NO5. The first-order valence-corrected chi connectivity index (χ1v) is 26.6. The van der Waals surface area contributed by atoms with Gasteiger partial charge >= 0.3 is 5.97 Å². The zero-order valence-corrected chi connectivity index (χ0v) is 40.2. The number of ether oxygens (including phenoxy) is 1. The normalized spacial score (nSPS) is 12.8. The Morgan fingerprint density at radius 2 is 0.817 bits per heavy atom. The fourth-order valence-electron chi connectivity index (χ4n) is 8.16. The van der Waals surface area contributed by atoms with Crippen molar-refractivity contribution in [2.45, 2.75) is 296 Å². The molecule has 6 heteroatoms. The van der Waals surface area contributed by atoms with E-state index in [9.17, 15) is 19.8 Å². The maximum Gasteiger partial charge on any atom is 0.305 e. The highest BCUT2D eigenvalue weighted by Gasteiger charge is 2.20. The van der Waals surface area contributed by atoms with E-state index < -0.39 is 12.1 Å². The Labute approximate surface area is 373 Å². The lowest BCUT2D eigenvalue weighted by atomic mass is 10.0. The van der Waals surface area contributed by atoms with Gasteiger partial charge in [0.2, 0.25) is 5.91 Å². The molecular weight excluding hydrogens is 743 g/mol. The van der Waals surface area contributed by atoms with Gasteiger partial charge < -0.3 is 20.3 Å². The van der Waals surface area contributed by atoms with E-state index in [1.165, 1.54) is 173 Å². The molecule has 6 nitrogen and oxygen atoms in total. The van der Waals surface area contributed by atoms with Gasteiger partial charge in [0.1, 0.15) is 0 Å². The Balaban J connectivity index is 3.47. The molecule has 354 valence electrons. The van der Waals surface area contributed by atoms with E-state index in [4.69, 9.17) is 4.74 Å². The summed E-state index contributed by atoms with van der Waals surface area (Å²) < 4.78 is 5.46. The van der Waals surface area contributed by atoms with Gasteiger partial charge in [-0.3, -0.25) is 9.59 Å². The predicted octanol–water partition coefficient (Wildman–Crippen LogP) is 15.9. The molecule has 0 aliphatic rings. The van der Waals surface area contributed by atoms with Crippen molar-refractivity contribution in [3.63, 3.8) is 0 Å². The maximum atomic E-state index is 12.4. The average molecular weight is 846 g/mol. The number of aliphatic hydroxyl groups excluding tert-OH is 2. The maximum absolute atomic E-state index is 12.4. The van der Waals surface area contributed by atoms with Crippen LogP contribution < -0.4 is 5.32 Å². The van der Waals surface area contributed by atoms with Crippen molar-refractivity contribution in [1.82, 2.24) is 5.32 Å². The molecule has 60 heavy (non-hydrogen) atoms. The zero-order chi connectivity index (χ0) is 43.7. The summed E-state index contributed by atoms with van der Waals surface area (Å²) in [5.41, 5.74) is 0. The van der Waals surface area contributed by atoms with Crippen LogP contribution in [0.15, 0.2) is 24.3 Å². The fraction of sp³-hybridized carbons (Fsp3) is 0.889. The van der Waals surface area contributed by atoms with Crippen LogP contribution in [0.1, 0.15) is 284 Å². The van der Waals surface area contributed by atoms with Gasteiger partial charge in [-0.1, -0.05) is 237 Å². The molecule has 0 aromatic rings. The smallest absolute Gasteiger partial charge is 0.305 e. The molecule has 0 saturated carbocycles. The molecule has 0 aliphatic heterocycles. The number of esters is 1. The number of amides is 1. The monoisotopic (exact) mass is 846 g/mol. The molecule has 1 amide bonds. The largest absolute Gasteiger partial charge is 0.466 e. The molecule has 0 aromatic carbocycles. The van der Waals surface area contributed by atoms with Crippen LogP contribution in [-0.4, -0.2) is 47.4 Å². The van der Waals surface area contributed by atoms with Crippen LogP contribution in [0.25, 0.3) is 0 Å². The summed E-state index contributed by atoms with van der Waals surface area (Å²) in [4.78, 5) is 24.4. The van der Waals surface area contributed by atoms with Gasteiger partial charge in [-0.2, -0.15) is 0 Å². The highest BCUT2D eigenvalue weighted by Crippen LogP contribution is 2.16. The Morgan fingerprint density at radius 1 is 0.467 bits per heavy atom. The van der Waals surface area contributed by atoms with E-state index in [-0.39, 0.29) is 18.5 Å². The second kappa shape index (κ2) is 50.0. The third-order valence-corrected chi connectivity index (χ3v) is 12.3. The molecule has 2 unspecified atom stereocenters. The van der Waals surface area contributed by atoms with Crippen LogP contribution in [-0.2, 0) is 14.3 Å². The van der Waals surface area contributed by atoms with E-state index in [2.05, 4.69) is 43.5 Å². The third-order valence-electron chi connectivity index (χ3n) is 12.3. The van der Waals surface area contributed by atoms with Crippen molar-refractivity contribution in [1.29, 1.82) is 0 Å². The van der Waals surface area contributed by atoms with Gasteiger partial charge in [-0.05, 0) is 57.8 Å². The summed E-state index contributed by atoms with van der Waals surface area (Å²) in [5.74, 6) is -0.0767. The number of aliphatic hydroxyl groups is 2. The van der Waals surface area contributed by atoms with E-state index in [0.717, 1.165) is 77.0 Å². The van der Waals surface area contributed by atoms with Crippen LogP contribution in [0.4, 0.5) is 0 Å². The minimum atomic E-state index is -0.676. The van der Waals surface area contributed by atoms with Crippen LogP contribution in [0.5, 0.6) is 0 Å². The SMILES string of the molecule is CCCCCCCCCCCCCCCCCCCCC(=O)OCCCCC/C=C\C=C/CCCCCCCCC(=O)NC(CO)C(O)CCCCCCCCCCCC. The van der Waals surface area contributed by atoms with Crippen molar-refractivity contribution >= 4 is 11.9 Å². The number of carbonyl (C=O) groups excluding carboxylic acids is 2. The highest BCUT2D eigenvalue weighted by molar-refractivity contribution is 5.76. The first-order valence-electron chi connectivity index (χ1n) is 26.6. The summed E-state index contributed by atoms with van der Waals surface area (Å²) in [6, 6.07) is -0.556. The lowest BCUT2D eigenvalue weighted by molar-refractivity contribution is -0.143. The summed E-state index contributed by atoms with van der Waals surface area (Å²) in [6.45, 7) is 4.89. The summed E-state index contributed by atoms with van der Waals surface area (Å²) in [6.07, 6.45) is 58.8. The zero-order valence-electron chi connectivity index (χ0n) is 40.2. The first kappa shape index (κ1) is 58.3. The van der Waals surface area contributed by atoms with E-state index in [1.807, 2.05) is 0 Å². The Bertz CT molecular complexity index is 935. The van der Waals surface area contributed by atoms with Crippen LogP contribution in [0, 0.1) is 0 Å². The fourth-order valence-corrected chi connectivity index (χ4v) is 8.16. The lowest BCUT2D eigenvalue weighted by Gasteiger charge is -2.22. The number of unbranched alkanes of at least 4 members (excludes halogenated alkanes) is 35. The minimum absolute atomic E-state index is 0.0176. The number of hydrogen-bond donors (Lipinski definition) is 3. The molecule has 0 aliphatic carbocycles. The van der Waals surface area contributed by atoms with Gasteiger partial charge in [-0.25, -0.2) is 0 Å². The van der Waals surface area contributed by atoms with Crippen LogP contribution >= 0.6 is 0 Å². The molecule has 0 heterocycles. The van der Waals surface area contributed by atoms with Crippen LogP contribution in [0.3, 0.4) is 0 Å². The molecule has 2 atom stereocenters. The summed E-state index contributed by atoms with van der Waals surface area (Å²) in [7, 11) is 0. The van der Waals surface area contributed by atoms with Crippen LogP contribution in [0.2, 0.25) is 0 Å². The molecule has 0 saturated heterocycles. The van der Waals surface area contributed by atoms with Crippen molar-refractivity contribution in [3.05, 3.63) is 24.3 Å². The number of hydrogen-bond acceptors (Lipinski definition) is 5. The summed E-state index contributed by atoms with van der Waals surface area (Å²) >= 11 is 0. The summed E-state index contributed by atoms with van der Waals surface area (Å²) in [5, 5.41) is 23.1. The first-order chi connectivity index (χ1) is 29.5. The molecule has 0 bridgehead atoms. The molecule has 0 rings (SSSR count). The van der Waals surface area contributed by atoms with Crippen molar-refractivity contribution in [3.8, 4) is 0 Å². The average Bonchev–Trinajstić information content (AvgIpc) is 3.25. The van der Waals surface area contributed by atoms with E-state index in [1.54, 1.807) is 0 Å². The molecule has 0 aromatic heterocycles. The predicted molar refractivity (Wildman–Crippen MR) is 260 cm³/mol. The number of rotatable bonds is 49. The Kier molecular flexibility index (Phi) is 48.6. The van der Waals surface area contributed by atoms with Crippen molar-refractivity contribution in [2.24, 2.45) is 0 Å².